The normalized spacial score (nSPS) is 14.2. The van der Waals surface area contributed by atoms with Crippen molar-refractivity contribution >= 4 is 5.82 Å². The lowest BCUT2D eigenvalue weighted by molar-refractivity contribution is -0.141. The number of alkyl halides is 3. The van der Waals surface area contributed by atoms with E-state index in [1.165, 1.54) is 4.57 Å². The second-order valence-electron chi connectivity index (χ2n) is 7.55. The van der Waals surface area contributed by atoms with E-state index in [0.29, 0.717) is 38.2 Å². The van der Waals surface area contributed by atoms with E-state index in [0.717, 1.165) is 24.4 Å². The standard InChI is InChI=1S/C22H19F5N4O4/c1-30-19(31-4-6-33-7-5-31)11-18(29-21(30)32)34-12-13-8-15(23)20(16(24)9-13)35-14-2-3-28-17(10-14)22(25,26)27/h2-3,8-11H,4-7,12H2,1H3. The summed E-state index contributed by atoms with van der Waals surface area (Å²) in [6, 6.07) is 4.93. The Hall–Kier alpha value is -3.74. The van der Waals surface area contributed by atoms with E-state index < -0.39 is 40.7 Å². The van der Waals surface area contributed by atoms with Gasteiger partial charge in [-0.15, -0.1) is 0 Å². The van der Waals surface area contributed by atoms with Gasteiger partial charge in [0.05, 0.1) is 13.2 Å². The molecule has 0 unspecified atom stereocenters. The number of ether oxygens (including phenoxy) is 3. The molecule has 0 bridgehead atoms. The van der Waals surface area contributed by atoms with Gasteiger partial charge in [0.2, 0.25) is 5.88 Å². The first kappa shape index (κ1) is 24.4. The highest BCUT2D eigenvalue weighted by Crippen LogP contribution is 2.33. The van der Waals surface area contributed by atoms with Crippen LogP contribution >= 0.6 is 0 Å². The highest BCUT2D eigenvalue weighted by Gasteiger charge is 2.33. The molecule has 0 amide bonds. The molecule has 0 spiro atoms. The average Bonchev–Trinajstić information content (AvgIpc) is 2.82. The summed E-state index contributed by atoms with van der Waals surface area (Å²) in [7, 11) is 1.56. The van der Waals surface area contributed by atoms with Crippen LogP contribution in [0.3, 0.4) is 0 Å². The molecule has 1 saturated heterocycles. The van der Waals surface area contributed by atoms with Crippen LogP contribution in [0.15, 0.2) is 41.3 Å². The lowest BCUT2D eigenvalue weighted by atomic mass is 10.2. The third kappa shape index (κ3) is 5.67. The Kier molecular flexibility index (Phi) is 6.87. The van der Waals surface area contributed by atoms with Crippen LogP contribution in [0.1, 0.15) is 11.3 Å². The van der Waals surface area contributed by atoms with Crippen molar-refractivity contribution in [2.45, 2.75) is 12.8 Å². The highest BCUT2D eigenvalue weighted by atomic mass is 19.4. The monoisotopic (exact) mass is 498 g/mol. The number of nitrogens with zero attached hydrogens (tertiary/aromatic N) is 4. The van der Waals surface area contributed by atoms with E-state index in [1.807, 2.05) is 4.90 Å². The van der Waals surface area contributed by atoms with Crippen LogP contribution in [0.4, 0.5) is 27.8 Å². The predicted molar refractivity (Wildman–Crippen MR) is 113 cm³/mol. The first-order valence-electron chi connectivity index (χ1n) is 10.3. The summed E-state index contributed by atoms with van der Waals surface area (Å²) in [5.41, 5.74) is -1.78. The molecule has 0 radical (unpaired) electrons. The summed E-state index contributed by atoms with van der Waals surface area (Å²) in [5.74, 6) is -3.10. The van der Waals surface area contributed by atoms with E-state index >= 15 is 0 Å². The number of aromatic nitrogens is 3. The summed E-state index contributed by atoms with van der Waals surface area (Å²) >= 11 is 0. The molecule has 13 heteroatoms. The van der Waals surface area contributed by atoms with Crippen LogP contribution < -0.4 is 20.1 Å². The molecular formula is C22H19F5N4O4. The number of hydrogen-bond donors (Lipinski definition) is 0. The maximum absolute atomic E-state index is 14.5. The summed E-state index contributed by atoms with van der Waals surface area (Å²) in [4.78, 5) is 21.1. The topological polar surface area (TPSA) is 78.7 Å². The minimum atomic E-state index is -4.74. The number of morpholine rings is 1. The minimum absolute atomic E-state index is 0.0350. The van der Waals surface area contributed by atoms with E-state index in [9.17, 15) is 26.7 Å². The molecule has 3 aromatic rings. The van der Waals surface area contributed by atoms with Crippen LogP contribution in [0, 0.1) is 11.6 Å². The molecule has 1 aliphatic heterocycles. The Bertz CT molecular complexity index is 1250. The average molecular weight is 498 g/mol. The van der Waals surface area contributed by atoms with Crippen molar-refractivity contribution in [3.05, 3.63) is 69.9 Å². The van der Waals surface area contributed by atoms with Gasteiger partial charge in [0.15, 0.2) is 17.4 Å². The van der Waals surface area contributed by atoms with E-state index in [4.69, 9.17) is 14.2 Å². The molecule has 0 N–H and O–H groups in total. The van der Waals surface area contributed by atoms with Gasteiger partial charge in [-0.1, -0.05) is 0 Å². The van der Waals surface area contributed by atoms with E-state index in [1.54, 1.807) is 13.1 Å². The maximum Gasteiger partial charge on any atom is 0.433 e. The molecule has 8 nitrogen and oxygen atoms in total. The van der Waals surface area contributed by atoms with Crippen molar-refractivity contribution < 1.29 is 36.2 Å². The first-order chi connectivity index (χ1) is 16.6. The van der Waals surface area contributed by atoms with Crippen molar-refractivity contribution in [2.75, 3.05) is 31.2 Å². The van der Waals surface area contributed by atoms with Gasteiger partial charge in [0.25, 0.3) is 0 Å². The van der Waals surface area contributed by atoms with Crippen molar-refractivity contribution in [1.29, 1.82) is 0 Å². The zero-order chi connectivity index (χ0) is 25.2. The predicted octanol–water partition coefficient (Wildman–Crippen LogP) is 3.68. The molecule has 0 aliphatic carbocycles. The largest absolute Gasteiger partial charge is 0.473 e. The first-order valence-corrected chi connectivity index (χ1v) is 10.3. The van der Waals surface area contributed by atoms with Crippen LogP contribution in [0.25, 0.3) is 0 Å². The quantitative estimate of drug-likeness (QED) is 0.480. The summed E-state index contributed by atoms with van der Waals surface area (Å²) in [6.45, 7) is 1.80. The molecule has 0 saturated carbocycles. The van der Waals surface area contributed by atoms with Crippen LogP contribution in [-0.2, 0) is 24.6 Å². The van der Waals surface area contributed by atoms with Gasteiger partial charge in [-0.25, -0.2) is 13.6 Å². The summed E-state index contributed by atoms with van der Waals surface area (Å²) in [6.07, 6.45) is -3.93. The zero-order valence-corrected chi connectivity index (χ0v) is 18.3. The molecule has 1 fully saturated rings. The van der Waals surface area contributed by atoms with Crippen molar-refractivity contribution in [2.24, 2.45) is 7.05 Å². The van der Waals surface area contributed by atoms with E-state index in [2.05, 4.69) is 9.97 Å². The third-order valence-electron chi connectivity index (χ3n) is 5.11. The Labute approximate surface area is 195 Å². The van der Waals surface area contributed by atoms with Gasteiger partial charge in [0, 0.05) is 38.5 Å². The van der Waals surface area contributed by atoms with E-state index in [-0.39, 0.29) is 18.1 Å². The number of hydrogen-bond acceptors (Lipinski definition) is 7. The molecule has 4 rings (SSSR count). The molecule has 186 valence electrons. The SMILES string of the molecule is Cn1c(N2CCOCC2)cc(OCc2cc(F)c(Oc3ccnc(C(F)(F)F)c3)c(F)c2)nc1=O. The van der Waals surface area contributed by atoms with Crippen molar-refractivity contribution in [1.82, 2.24) is 14.5 Å². The zero-order valence-electron chi connectivity index (χ0n) is 18.3. The third-order valence-corrected chi connectivity index (χ3v) is 5.11. The molecule has 1 aliphatic rings. The summed E-state index contributed by atoms with van der Waals surface area (Å²) < 4.78 is 84.6. The number of halogens is 5. The second-order valence-corrected chi connectivity index (χ2v) is 7.55. The summed E-state index contributed by atoms with van der Waals surface area (Å²) in [5, 5.41) is 0. The fraction of sp³-hybridized carbons (Fsp3) is 0.318. The highest BCUT2D eigenvalue weighted by molar-refractivity contribution is 5.43. The minimum Gasteiger partial charge on any atom is -0.473 e. The fourth-order valence-electron chi connectivity index (χ4n) is 3.37. The number of pyridine rings is 1. The Morgan fingerprint density at radius 3 is 2.43 bits per heavy atom. The molecule has 3 heterocycles. The molecule has 35 heavy (non-hydrogen) atoms. The smallest absolute Gasteiger partial charge is 0.433 e. The lowest BCUT2D eigenvalue weighted by Crippen LogP contribution is -2.39. The van der Waals surface area contributed by atoms with Gasteiger partial charge < -0.3 is 19.1 Å². The Morgan fingerprint density at radius 2 is 1.77 bits per heavy atom. The van der Waals surface area contributed by atoms with Gasteiger partial charge >= 0.3 is 11.9 Å². The second kappa shape index (κ2) is 9.86. The Morgan fingerprint density at radius 1 is 1.09 bits per heavy atom. The van der Waals surface area contributed by atoms with Gasteiger partial charge in [0.1, 0.15) is 23.9 Å². The van der Waals surface area contributed by atoms with Crippen molar-refractivity contribution in [3.8, 4) is 17.4 Å². The van der Waals surface area contributed by atoms with Crippen LogP contribution in [0.5, 0.6) is 17.4 Å². The van der Waals surface area contributed by atoms with Gasteiger partial charge in [-0.3, -0.25) is 9.55 Å². The number of benzene rings is 1. The number of rotatable bonds is 6. The van der Waals surface area contributed by atoms with Crippen molar-refractivity contribution in [3.63, 3.8) is 0 Å². The molecule has 1 aromatic carbocycles. The van der Waals surface area contributed by atoms with Crippen LogP contribution in [-0.4, -0.2) is 40.8 Å². The maximum atomic E-state index is 14.5. The Balaban J connectivity index is 1.50. The van der Waals surface area contributed by atoms with Gasteiger partial charge in [-0.05, 0) is 23.8 Å². The lowest BCUT2D eigenvalue weighted by Gasteiger charge is -2.29. The number of anilines is 1. The van der Waals surface area contributed by atoms with Crippen LogP contribution in [0.2, 0.25) is 0 Å². The molecule has 2 aromatic heterocycles. The fourth-order valence-corrected chi connectivity index (χ4v) is 3.37. The molecular weight excluding hydrogens is 479 g/mol. The van der Waals surface area contributed by atoms with Gasteiger partial charge in [-0.2, -0.15) is 18.2 Å². The molecule has 0 atom stereocenters.